The quantitative estimate of drug-likeness (QED) is 0.817. The summed E-state index contributed by atoms with van der Waals surface area (Å²) in [5.74, 6) is -1.15. The van der Waals surface area contributed by atoms with Crippen LogP contribution in [0.4, 0.5) is 20.5 Å². The molecule has 1 aromatic heterocycles. The molecule has 8 heteroatoms. The lowest BCUT2D eigenvalue weighted by Gasteiger charge is -2.08. The summed E-state index contributed by atoms with van der Waals surface area (Å²) in [6.07, 6.45) is 0.971. The van der Waals surface area contributed by atoms with Gasteiger partial charge in [-0.25, -0.2) is 8.78 Å². The fraction of sp³-hybridized carbons (Fsp3) is 0.385. The van der Waals surface area contributed by atoms with Gasteiger partial charge in [-0.15, -0.1) is 5.10 Å². The summed E-state index contributed by atoms with van der Waals surface area (Å²) in [6, 6.07) is 2.10. The molecule has 0 fully saturated rings. The number of benzene rings is 1. The minimum Gasteiger partial charge on any atom is -0.406 e. The first-order chi connectivity index (χ1) is 10.0. The first-order valence-electron chi connectivity index (χ1n) is 6.49. The standard InChI is InChI=1S/C13H15BrF2N4O/c1-3-4-17-7(2)12-19-20-13(21-12)18-11-9(15)5-8(14)6-10(11)16/h5-7,17H,3-4H2,1-2H3,(H,18,20). The average Bonchev–Trinajstić information content (AvgIpc) is 2.89. The highest BCUT2D eigenvalue weighted by Crippen LogP contribution is 2.26. The number of aromatic nitrogens is 2. The molecule has 0 amide bonds. The number of halogens is 3. The van der Waals surface area contributed by atoms with E-state index in [1.165, 1.54) is 0 Å². The molecule has 0 aliphatic heterocycles. The summed E-state index contributed by atoms with van der Waals surface area (Å²) < 4.78 is 33.0. The van der Waals surface area contributed by atoms with E-state index in [1.807, 2.05) is 13.8 Å². The molecule has 0 aliphatic rings. The van der Waals surface area contributed by atoms with Gasteiger partial charge < -0.3 is 15.1 Å². The van der Waals surface area contributed by atoms with E-state index in [-0.39, 0.29) is 17.7 Å². The second-order valence-electron chi connectivity index (χ2n) is 4.49. The van der Waals surface area contributed by atoms with E-state index in [4.69, 9.17) is 4.42 Å². The molecule has 2 rings (SSSR count). The molecule has 1 unspecified atom stereocenters. The molecule has 0 bridgehead atoms. The smallest absolute Gasteiger partial charge is 0.320 e. The van der Waals surface area contributed by atoms with Gasteiger partial charge in [0, 0.05) is 4.47 Å². The first kappa shape index (κ1) is 15.8. The van der Waals surface area contributed by atoms with Crippen LogP contribution in [0, 0.1) is 11.6 Å². The molecule has 0 saturated heterocycles. The fourth-order valence-electron chi connectivity index (χ4n) is 1.68. The lowest BCUT2D eigenvalue weighted by atomic mass is 10.3. The number of hydrogen-bond donors (Lipinski definition) is 2. The second-order valence-corrected chi connectivity index (χ2v) is 5.41. The number of nitrogens with zero attached hydrogens (tertiary/aromatic N) is 2. The lowest BCUT2D eigenvalue weighted by Crippen LogP contribution is -2.19. The van der Waals surface area contributed by atoms with Gasteiger partial charge in [0.05, 0.1) is 6.04 Å². The van der Waals surface area contributed by atoms with Crippen LogP contribution in [0.5, 0.6) is 0 Å². The molecular formula is C13H15BrF2N4O. The molecule has 1 aromatic carbocycles. The van der Waals surface area contributed by atoms with Crippen molar-refractivity contribution >= 4 is 27.6 Å². The third-order valence-corrected chi connectivity index (χ3v) is 3.21. The monoisotopic (exact) mass is 360 g/mol. The van der Waals surface area contributed by atoms with Gasteiger partial charge in [0.25, 0.3) is 0 Å². The highest BCUT2D eigenvalue weighted by Gasteiger charge is 2.16. The third kappa shape index (κ3) is 3.98. The Morgan fingerprint density at radius 2 is 1.95 bits per heavy atom. The van der Waals surface area contributed by atoms with Crippen molar-refractivity contribution < 1.29 is 13.2 Å². The largest absolute Gasteiger partial charge is 0.406 e. The van der Waals surface area contributed by atoms with E-state index in [1.54, 1.807) is 0 Å². The van der Waals surface area contributed by atoms with Crippen LogP contribution < -0.4 is 10.6 Å². The Balaban J connectivity index is 2.13. The zero-order valence-corrected chi connectivity index (χ0v) is 13.2. The van der Waals surface area contributed by atoms with E-state index in [2.05, 4.69) is 36.8 Å². The summed E-state index contributed by atoms with van der Waals surface area (Å²) in [7, 11) is 0. The van der Waals surface area contributed by atoms with E-state index >= 15 is 0 Å². The molecule has 0 radical (unpaired) electrons. The first-order valence-corrected chi connectivity index (χ1v) is 7.29. The molecule has 0 spiro atoms. The maximum atomic E-state index is 13.7. The summed E-state index contributed by atoms with van der Waals surface area (Å²) in [6.45, 7) is 4.72. The zero-order chi connectivity index (χ0) is 15.4. The second kappa shape index (κ2) is 6.95. The van der Waals surface area contributed by atoms with Crippen molar-refractivity contribution in [2.75, 3.05) is 11.9 Å². The summed E-state index contributed by atoms with van der Waals surface area (Å²) in [4.78, 5) is 0. The van der Waals surface area contributed by atoms with Crippen LogP contribution in [-0.4, -0.2) is 16.7 Å². The van der Waals surface area contributed by atoms with Crippen molar-refractivity contribution in [1.82, 2.24) is 15.5 Å². The minimum atomic E-state index is -0.751. The van der Waals surface area contributed by atoms with Crippen molar-refractivity contribution in [3.8, 4) is 0 Å². The van der Waals surface area contributed by atoms with Gasteiger partial charge in [-0.3, -0.25) is 0 Å². The molecule has 0 saturated carbocycles. The highest BCUT2D eigenvalue weighted by molar-refractivity contribution is 9.10. The molecule has 0 aliphatic carbocycles. The number of rotatable bonds is 6. The molecular weight excluding hydrogens is 346 g/mol. The van der Waals surface area contributed by atoms with Crippen molar-refractivity contribution in [3.05, 3.63) is 34.1 Å². The van der Waals surface area contributed by atoms with Gasteiger partial charge in [-0.1, -0.05) is 28.0 Å². The number of hydrogen-bond acceptors (Lipinski definition) is 5. The molecule has 2 N–H and O–H groups in total. The molecule has 21 heavy (non-hydrogen) atoms. The Hall–Kier alpha value is -1.54. The average molecular weight is 361 g/mol. The molecule has 5 nitrogen and oxygen atoms in total. The summed E-state index contributed by atoms with van der Waals surface area (Å²) >= 11 is 3.01. The van der Waals surface area contributed by atoms with Crippen LogP contribution in [0.25, 0.3) is 0 Å². The van der Waals surface area contributed by atoms with Crippen LogP contribution in [-0.2, 0) is 0 Å². The Bertz CT molecular complexity index is 597. The zero-order valence-electron chi connectivity index (χ0n) is 11.6. The van der Waals surface area contributed by atoms with E-state index in [0.29, 0.717) is 10.4 Å². The van der Waals surface area contributed by atoms with Gasteiger partial charge in [0.15, 0.2) is 11.6 Å². The van der Waals surface area contributed by atoms with Crippen LogP contribution in [0.2, 0.25) is 0 Å². The maximum Gasteiger partial charge on any atom is 0.320 e. The van der Waals surface area contributed by atoms with Crippen molar-refractivity contribution in [3.63, 3.8) is 0 Å². The predicted octanol–water partition coefficient (Wildman–Crippen LogP) is 3.91. The van der Waals surface area contributed by atoms with Crippen LogP contribution in [0.15, 0.2) is 21.0 Å². The summed E-state index contributed by atoms with van der Waals surface area (Å²) in [5.41, 5.74) is -0.331. The van der Waals surface area contributed by atoms with Gasteiger partial charge in [0.1, 0.15) is 5.69 Å². The van der Waals surface area contributed by atoms with Crippen LogP contribution in [0.3, 0.4) is 0 Å². The van der Waals surface area contributed by atoms with E-state index in [9.17, 15) is 8.78 Å². The normalized spacial score (nSPS) is 12.4. The Labute approximate surface area is 129 Å². The molecule has 1 heterocycles. The lowest BCUT2D eigenvalue weighted by molar-refractivity contribution is 0.424. The van der Waals surface area contributed by atoms with E-state index < -0.39 is 11.6 Å². The maximum absolute atomic E-state index is 13.7. The van der Waals surface area contributed by atoms with Gasteiger partial charge >= 0.3 is 6.01 Å². The van der Waals surface area contributed by atoms with Crippen molar-refractivity contribution in [2.24, 2.45) is 0 Å². The van der Waals surface area contributed by atoms with Crippen LogP contribution in [0.1, 0.15) is 32.2 Å². The van der Waals surface area contributed by atoms with Gasteiger partial charge in [-0.05, 0) is 32.0 Å². The molecule has 1 atom stereocenters. The van der Waals surface area contributed by atoms with Crippen molar-refractivity contribution in [1.29, 1.82) is 0 Å². The predicted molar refractivity (Wildman–Crippen MR) is 78.3 cm³/mol. The number of anilines is 2. The molecule has 114 valence electrons. The summed E-state index contributed by atoms with van der Waals surface area (Å²) in [5, 5.41) is 13.2. The highest BCUT2D eigenvalue weighted by atomic mass is 79.9. The SMILES string of the molecule is CCCNC(C)c1nnc(Nc2c(F)cc(Br)cc2F)o1. The number of nitrogens with one attached hydrogen (secondary N) is 2. The van der Waals surface area contributed by atoms with Crippen LogP contribution >= 0.6 is 15.9 Å². The molecule has 2 aromatic rings. The Kier molecular flexibility index (Phi) is 5.24. The third-order valence-electron chi connectivity index (χ3n) is 2.75. The van der Waals surface area contributed by atoms with E-state index in [0.717, 1.165) is 25.1 Å². The Morgan fingerprint density at radius 1 is 1.29 bits per heavy atom. The van der Waals surface area contributed by atoms with Gasteiger partial charge in [-0.2, -0.15) is 0 Å². The minimum absolute atomic E-state index is 0.0599. The van der Waals surface area contributed by atoms with Gasteiger partial charge in [0.2, 0.25) is 5.89 Å². The van der Waals surface area contributed by atoms with Crippen molar-refractivity contribution in [2.45, 2.75) is 26.3 Å². The fourth-order valence-corrected chi connectivity index (χ4v) is 2.08. The topological polar surface area (TPSA) is 63.0 Å². The Morgan fingerprint density at radius 3 is 2.57 bits per heavy atom.